The SMILES string of the molecule is Cc1cnccc1NCCNC(=O)N1CC[C@H](CS(N)(=O)=O)C1. The van der Waals surface area contributed by atoms with Crippen LogP contribution in [0.15, 0.2) is 18.5 Å². The van der Waals surface area contributed by atoms with Crippen molar-refractivity contribution in [3.63, 3.8) is 0 Å². The van der Waals surface area contributed by atoms with Gasteiger partial charge in [-0.3, -0.25) is 4.98 Å². The smallest absolute Gasteiger partial charge is 0.317 e. The minimum atomic E-state index is -3.49. The van der Waals surface area contributed by atoms with Crippen LogP contribution in [0.3, 0.4) is 0 Å². The van der Waals surface area contributed by atoms with E-state index in [4.69, 9.17) is 5.14 Å². The lowest BCUT2D eigenvalue weighted by Crippen LogP contribution is -2.40. The molecule has 9 heteroatoms. The van der Waals surface area contributed by atoms with Crippen molar-refractivity contribution in [3.8, 4) is 0 Å². The van der Waals surface area contributed by atoms with E-state index >= 15 is 0 Å². The van der Waals surface area contributed by atoms with Crippen LogP contribution in [0.4, 0.5) is 10.5 Å². The maximum atomic E-state index is 12.0. The van der Waals surface area contributed by atoms with E-state index in [0.717, 1.165) is 11.3 Å². The molecule has 0 aliphatic carbocycles. The molecule has 0 unspecified atom stereocenters. The van der Waals surface area contributed by atoms with E-state index in [9.17, 15) is 13.2 Å². The Balaban J connectivity index is 1.69. The molecular formula is C14H23N5O3S. The van der Waals surface area contributed by atoms with E-state index in [1.54, 1.807) is 17.3 Å². The lowest BCUT2D eigenvalue weighted by Gasteiger charge is -2.17. The minimum Gasteiger partial charge on any atom is -0.383 e. The average Bonchev–Trinajstić information content (AvgIpc) is 2.91. The third-order valence-electron chi connectivity index (χ3n) is 3.78. The number of nitrogens with one attached hydrogen (secondary N) is 2. The van der Waals surface area contributed by atoms with E-state index in [0.29, 0.717) is 32.6 Å². The molecule has 1 fully saturated rings. The number of likely N-dealkylation sites (tertiary alicyclic amines) is 1. The molecule has 8 nitrogen and oxygen atoms in total. The van der Waals surface area contributed by atoms with Crippen LogP contribution in [0.2, 0.25) is 0 Å². The predicted molar refractivity (Wildman–Crippen MR) is 88.5 cm³/mol. The van der Waals surface area contributed by atoms with Crippen LogP contribution < -0.4 is 15.8 Å². The molecule has 128 valence electrons. The predicted octanol–water partition coefficient (Wildman–Crippen LogP) is 0.122. The van der Waals surface area contributed by atoms with Gasteiger partial charge in [-0.1, -0.05) is 0 Å². The van der Waals surface area contributed by atoms with Gasteiger partial charge in [0.2, 0.25) is 10.0 Å². The van der Waals surface area contributed by atoms with Gasteiger partial charge in [-0.05, 0) is 30.9 Å². The molecule has 0 radical (unpaired) electrons. The van der Waals surface area contributed by atoms with Gasteiger partial charge in [-0.15, -0.1) is 0 Å². The largest absolute Gasteiger partial charge is 0.383 e. The summed E-state index contributed by atoms with van der Waals surface area (Å²) in [7, 11) is -3.49. The second-order valence-corrected chi connectivity index (χ2v) is 7.44. The number of aromatic nitrogens is 1. The van der Waals surface area contributed by atoms with Crippen molar-refractivity contribution in [2.45, 2.75) is 13.3 Å². The molecule has 1 aliphatic heterocycles. The quantitative estimate of drug-likeness (QED) is 0.635. The second kappa shape index (κ2) is 7.60. The van der Waals surface area contributed by atoms with Crippen LogP contribution in [-0.2, 0) is 10.0 Å². The van der Waals surface area contributed by atoms with Gasteiger partial charge in [-0.2, -0.15) is 0 Å². The first kappa shape index (κ1) is 17.5. The summed E-state index contributed by atoms with van der Waals surface area (Å²) in [6.07, 6.45) is 4.15. The van der Waals surface area contributed by atoms with Crippen LogP contribution in [-0.4, -0.2) is 56.3 Å². The Labute approximate surface area is 136 Å². The highest BCUT2D eigenvalue weighted by Gasteiger charge is 2.28. The maximum Gasteiger partial charge on any atom is 0.317 e. The highest BCUT2D eigenvalue weighted by Crippen LogP contribution is 2.17. The molecule has 2 rings (SSSR count). The average molecular weight is 341 g/mol. The Bertz CT molecular complexity index is 650. The fourth-order valence-corrected chi connectivity index (χ4v) is 3.56. The molecule has 1 aromatic heterocycles. The number of nitrogens with two attached hydrogens (primary N) is 1. The molecule has 2 amide bonds. The number of carbonyl (C=O) groups is 1. The van der Waals surface area contributed by atoms with Crippen molar-refractivity contribution >= 4 is 21.7 Å². The first-order valence-corrected chi connectivity index (χ1v) is 9.24. The number of primary sulfonamides is 1. The van der Waals surface area contributed by atoms with Crippen molar-refractivity contribution < 1.29 is 13.2 Å². The van der Waals surface area contributed by atoms with Gasteiger partial charge in [0, 0.05) is 44.3 Å². The summed E-state index contributed by atoms with van der Waals surface area (Å²) in [5.74, 6) is -0.145. The normalized spacial score (nSPS) is 18.0. The van der Waals surface area contributed by atoms with Crippen LogP contribution in [0.25, 0.3) is 0 Å². The van der Waals surface area contributed by atoms with Crippen molar-refractivity contribution in [1.82, 2.24) is 15.2 Å². The number of rotatable bonds is 6. The maximum absolute atomic E-state index is 12.0. The Hall–Kier alpha value is -1.87. The Morgan fingerprint density at radius 3 is 2.96 bits per heavy atom. The van der Waals surface area contributed by atoms with Gasteiger partial charge in [0.15, 0.2) is 0 Å². The van der Waals surface area contributed by atoms with Gasteiger partial charge in [0.25, 0.3) is 0 Å². The first-order valence-electron chi connectivity index (χ1n) is 7.53. The van der Waals surface area contributed by atoms with E-state index in [-0.39, 0.29) is 17.7 Å². The molecule has 0 aromatic carbocycles. The third kappa shape index (κ3) is 5.68. The first-order chi connectivity index (χ1) is 10.8. The lowest BCUT2D eigenvalue weighted by molar-refractivity contribution is 0.208. The number of amides is 2. The minimum absolute atomic E-state index is 0.0698. The van der Waals surface area contributed by atoms with Crippen molar-refractivity contribution in [3.05, 3.63) is 24.0 Å². The molecule has 0 saturated carbocycles. The van der Waals surface area contributed by atoms with Gasteiger partial charge >= 0.3 is 6.03 Å². The van der Waals surface area contributed by atoms with E-state index < -0.39 is 10.0 Å². The van der Waals surface area contributed by atoms with Gasteiger partial charge < -0.3 is 15.5 Å². The van der Waals surface area contributed by atoms with Crippen molar-refractivity contribution in [2.24, 2.45) is 11.1 Å². The Kier molecular flexibility index (Phi) is 5.78. The zero-order valence-electron chi connectivity index (χ0n) is 13.2. The highest BCUT2D eigenvalue weighted by molar-refractivity contribution is 7.89. The van der Waals surface area contributed by atoms with Crippen molar-refractivity contribution in [1.29, 1.82) is 0 Å². The number of aryl methyl sites for hydroxylation is 1. The number of urea groups is 1. The van der Waals surface area contributed by atoms with E-state index in [1.165, 1.54) is 0 Å². The number of hydrogen-bond acceptors (Lipinski definition) is 5. The summed E-state index contributed by atoms with van der Waals surface area (Å²) in [4.78, 5) is 17.7. The number of pyridine rings is 1. The zero-order chi connectivity index (χ0) is 16.9. The lowest BCUT2D eigenvalue weighted by atomic mass is 10.2. The number of hydrogen-bond donors (Lipinski definition) is 3. The molecule has 1 aromatic rings. The molecule has 1 atom stereocenters. The summed E-state index contributed by atoms with van der Waals surface area (Å²) in [5.41, 5.74) is 2.04. The standard InChI is InChI=1S/C14H23N5O3S/c1-11-8-16-4-2-13(11)17-5-6-18-14(20)19-7-3-12(9-19)10-23(15,21)22/h2,4,8,12H,3,5-7,9-10H2,1H3,(H,16,17)(H,18,20)(H2,15,21,22)/t12-/m0/s1. The van der Waals surface area contributed by atoms with Gasteiger partial charge in [0.1, 0.15) is 0 Å². The Morgan fingerprint density at radius 2 is 2.26 bits per heavy atom. The molecule has 1 aliphatic rings. The van der Waals surface area contributed by atoms with Crippen LogP contribution in [0, 0.1) is 12.8 Å². The zero-order valence-corrected chi connectivity index (χ0v) is 14.0. The fourth-order valence-electron chi connectivity index (χ4n) is 2.63. The molecule has 4 N–H and O–H groups in total. The summed E-state index contributed by atoms with van der Waals surface area (Å²) < 4.78 is 22.2. The number of nitrogens with zero attached hydrogens (tertiary/aromatic N) is 2. The monoisotopic (exact) mass is 341 g/mol. The summed E-state index contributed by atoms with van der Waals surface area (Å²) in [6.45, 7) is 4.04. The second-order valence-electron chi connectivity index (χ2n) is 5.78. The summed E-state index contributed by atoms with van der Waals surface area (Å²) >= 11 is 0. The molecular weight excluding hydrogens is 318 g/mol. The number of sulfonamides is 1. The van der Waals surface area contributed by atoms with Crippen LogP contribution in [0.1, 0.15) is 12.0 Å². The van der Waals surface area contributed by atoms with Gasteiger partial charge in [0.05, 0.1) is 5.75 Å². The van der Waals surface area contributed by atoms with Gasteiger partial charge in [-0.25, -0.2) is 18.4 Å². The molecule has 1 saturated heterocycles. The molecule has 0 bridgehead atoms. The van der Waals surface area contributed by atoms with E-state index in [2.05, 4.69) is 15.6 Å². The topological polar surface area (TPSA) is 117 Å². The third-order valence-corrected chi connectivity index (χ3v) is 4.71. The molecule has 23 heavy (non-hydrogen) atoms. The Morgan fingerprint density at radius 1 is 1.48 bits per heavy atom. The fraction of sp³-hybridized carbons (Fsp3) is 0.571. The van der Waals surface area contributed by atoms with Crippen molar-refractivity contribution in [2.75, 3.05) is 37.2 Å². The van der Waals surface area contributed by atoms with E-state index in [1.807, 2.05) is 13.0 Å². The van der Waals surface area contributed by atoms with Crippen LogP contribution in [0.5, 0.6) is 0 Å². The molecule has 0 spiro atoms. The number of anilines is 1. The van der Waals surface area contributed by atoms with Crippen LogP contribution >= 0.6 is 0 Å². The summed E-state index contributed by atoms with van der Waals surface area (Å²) in [5, 5.41) is 11.1. The number of carbonyl (C=O) groups excluding carboxylic acids is 1. The summed E-state index contributed by atoms with van der Waals surface area (Å²) in [6, 6.07) is 1.71. The highest BCUT2D eigenvalue weighted by atomic mass is 32.2. The molecule has 2 heterocycles.